The largest absolute Gasteiger partial charge is 0.381 e. The van der Waals surface area contributed by atoms with Crippen LogP contribution in [0.4, 0.5) is 5.95 Å². The number of hydrogen-bond donors (Lipinski definition) is 1. The number of aromatic nitrogens is 2. The van der Waals surface area contributed by atoms with Crippen LogP contribution in [-0.4, -0.2) is 29.3 Å². The molecule has 1 rings (SSSR count). The van der Waals surface area contributed by atoms with Crippen molar-refractivity contribution in [2.45, 2.75) is 46.1 Å². The van der Waals surface area contributed by atoms with Crippen molar-refractivity contribution in [2.24, 2.45) is 0 Å². The molecule has 0 fully saturated rings. The lowest BCUT2D eigenvalue weighted by atomic mass is 10.3. The van der Waals surface area contributed by atoms with Gasteiger partial charge in [0.1, 0.15) is 0 Å². The van der Waals surface area contributed by atoms with Gasteiger partial charge in [0.15, 0.2) is 0 Å². The van der Waals surface area contributed by atoms with Crippen molar-refractivity contribution in [3.8, 4) is 0 Å². The lowest BCUT2D eigenvalue weighted by Gasteiger charge is -2.12. The summed E-state index contributed by atoms with van der Waals surface area (Å²) in [7, 11) is 0. The third-order valence-electron chi connectivity index (χ3n) is 2.62. The van der Waals surface area contributed by atoms with Crippen molar-refractivity contribution in [1.82, 2.24) is 9.55 Å². The van der Waals surface area contributed by atoms with E-state index in [1.165, 1.54) is 6.42 Å². The molecule has 17 heavy (non-hydrogen) atoms. The highest BCUT2D eigenvalue weighted by molar-refractivity contribution is 5.26. The van der Waals surface area contributed by atoms with Gasteiger partial charge in [-0.25, -0.2) is 4.98 Å². The van der Waals surface area contributed by atoms with Crippen molar-refractivity contribution >= 4 is 5.95 Å². The van der Waals surface area contributed by atoms with Crippen LogP contribution in [0.1, 0.15) is 46.1 Å². The van der Waals surface area contributed by atoms with E-state index in [9.17, 15) is 0 Å². The van der Waals surface area contributed by atoms with Crippen molar-refractivity contribution in [1.29, 1.82) is 0 Å². The van der Waals surface area contributed by atoms with Gasteiger partial charge in [-0.1, -0.05) is 13.3 Å². The summed E-state index contributed by atoms with van der Waals surface area (Å²) >= 11 is 0. The van der Waals surface area contributed by atoms with Crippen molar-refractivity contribution < 1.29 is 4.74 Å². The van der Waals surface area contributed by atoms with Gasteiger partial charge in [0.2, 0.25) is 5.95 Å². The van der Waals surface area contributed by atoms with E-state index in [0.29, 0.717) is 6.04 Å². The van der Waals surface area contributed by atoms with Gasteiger partial charge in [0.25, 0.3) is 0 Å². The van der Waals surface area contributed by atoms with Crippen molar-refractivity contribution in [2.75, 3.05) is 25.1 Å². The first-order valence-corrected chi connectivity index (χ1v) is 6.60. The SMILES string of the molecule is CCCCOCCCNc1nccn1C(C)C. The monoisotopic (exact) mass is 239 g/mol. The van der Waals surface area contributed by atoms with E-state index in [-0.39, 0.29) is 0 Å². The summed E-state index contributed by atoms with van der Waals surface area (Å²) in [6.45, 7) is 9.11. The zero-order valence-electron chi connectivity index (χ0n) is 11.3. The average Bonchev–Trinajstić information content (AvgIpc) is 2.76. The Labute approximate surface area is 104 Å². The number of anilines is 1. The highest BCUT2D eigenvalue weighted by Gasteiger charge is 2.04. The molecular weight excluding hydrogens is 214 g/mol. The first-order valence-electron chi connectivity index (χ1n) is 6.60. The molecule has 0 amide bonds. The standard InChI is InChI=1S/C13H25N3O/c1-4-5-10-17-11-6-7-14-13-15-8-9-16(13)12(2)3/h8-9,12H,4-7,10-11H2,1-3H3,(H,14,15). The van der Waals surface area contributed by atoms with Crippen LogP contribution in [0, 0.1) is 0 Å². The Balaban J connectivity index is 2.11. The van der Waals surface area contributed by atoms with Crippen LogP contribution in [0.15, 0.2) is 12.4 Å². The Morgan fingerprint density at radius 2 is 2.12 bits per heavy atom. The molecule has 0 aromatic carbocycles. The third-order valence-corrected chi connectivity index (χ3v) is 2.62. The first kappa shape index (κ1) is 14.0. The zero-order chi connectivity index (χ0) is 12.5. The Morgan fingerprint density at radius 1 is 1.35 bits per heavy atom. The van der Waals surface area contributed by atoms with E-state index < -0.39 is 0 Å². The van der Waals surface area contributed by atoms with Crippen LogP contribution in [0.5, 0.6) is 0 Å². The fourth-order valence-corrected chi connectivity index (χ4v) is 1.59. The molecule has 1 N–H and O–H groups in total. The third kappa shape index (κ3) is 5.22. The van der Waals surface area contributed by atoms with Crippen LogP contribution >= 0.6 is 0 Å². The highest BCUT2D eigenvalue weighted by Crippen LogP contribution is 2.11. The van der Waals surface area contributed by atoms with Gasteiger partial charge in [-0.3, -0.25) is 0 Å². The van der Waals surface area contributed by atoms with E-state index >= 15 is 0 Å². The first-order chi connectivity index (χ1) is 8.25. The number of rotatable bonds is 9. The molecule has 1 aromatic heterocycles. The van der Waals surface area contributed by atoms with E-state index in [1.54, 1.807) is 0 Å². The Kier molecular flexibility index (Phi) is 6.70. The summed E-state index contributed by atoms with van der Waals surface area (Å²) in [6, 6.07) is 0.445. The summed E-state index contributed by atoms with van der Waals surface area (Å²) < 4.78 is 7.64. The zero-order valence-corrected chi connectivity index (χ0v) is 11.3. The lowest BCUT2D eigenvalue weighted by molar-refractivity contribution is 0.131. The molecule has 0 aliphatic rings. The topological polar surface area (TPSA) is 39.1 Å². The number of nitrogens with one attached hydrogen (secondary N) is 1. The molecule has 1 heterocycles. The van der Waals surface area contributed by atoms with Crippen LogP contribution in [0.25, 0.3) is 0 Å². The van der Waals surface area contributed by atoms with Gasteiger partial charge >= 0.3 is 0 Å². The van der Waals surface area contributed by atoms with Gasteiger partial charge in [-0.05, 0) is 26.7 Å². The number of hydrogen-bond acceptors (Lipinski definition) is 3. The van der Waals surface area contributed by atoms with Crippen LogP contribution in [-0.2, 0) is 4.74 Å². The molecule has 4 nitrogen and oxygen atoms in total. The second-order valence-electron chi connectivity index (χ2n) is 4.50. The van der Waals surface area contributed by atoms with Gasteiger partial charge < -0.3 is 14.6 Å². The second-order valence-corrected chi connectivity index (χ2v) is 4.50. The average molecular weight is 239 g/mol. The van der Waals surface area contributed by atoms with E-state index in [4.69, 9.17) is 4.74 Å². The fraction of sp³-hybridized carbons (Fsp3) is 0.769. The molecule has 0 aliphatic heterocycles. The molecule has 0 unspecified atom stereocenters. The molecule has 0 atom stereocenters. The van der Waals surface area contributed by atoms with Gasteiger partial charge in [0, 0.05) is 38.2 Å². The van der Waals surface area contributed by atoms with E-state index in [2.05, 4.69) is 35.6 Å². The number of imidazole rings is 1. The quantitative estimate of drug-likeness (QED) is 0.673. The minimum atomic E-state index is 0.445. The molecule has 0 bridgehead atoms. The van der Waals surface area contributed by atoms with Crippen LogP contribution < -0.4 is 5.32 Å². The Hall–Kier alpha value is -1.03. The normalized spacial score (nSPS) is 11.1. The van der Waals surface area contributed by atoms with Crippen LogP contribution in [0.3, 0.4) is 0 Å². The van der Waals surface area contributed by atoms with Gasteiger partial charge in [0.05, 0.1) is 0 Å². The molecule has 0 saturated heterocycles. The second kappa shape index (κ2) is 8.12. The fourth-order valence-electron chi connectivity index (χ4n) is 1.59. The molecule has 0 aliphatic carbocycles. The summed E-state index contributed by atoms with van der Waals surface area (Å²) in [4.78, 5) is 4.30. The van der Waals surface area contributed by atoms with Crippen LogP contribution in [0.2, 0.25) is 0 Å². The number of unbranched alkanes of at least 4 members (excludes halogenated alkanes) is 1. The molecular formula is C13H25N3O. The maximum Gasteiger partial charge on any atom is 0.203 e. The number of nitrogens with zero attached hydrogens (tertiary/aromatic N) is 2. The van der Waals surface area contributed by atoms with Gasteiger partial charge in [-0.2, -0.15) is 0 Å². The maximum absolute atomic E-state index is 5.50. The number of ether oxygens (including phenoxy) is 1. The van der Waals surface area contributed by atoms with E-state index in [0.717, 1.165) is 38.5 Å². The minimum absolute atomic E-state index is 0.445. The molecule has 1 aromatic rings. The molecule has 0 spiro atoms. The lowest BCUT2D eigenvalue weighted by Crippen LogP contribution is -2.11. The molecule has 98 valence electrons. The van der Waals surface area contributed by atoms with Crippen molar-refractivity contribution in [3.05, 3.63) is 12.4 Å². The summed E-state index contributed by atoms with van der Waals surface area (Å²) in [5.41, 5.74) is 0. The Morgan fingerprint density at radius 3 is 2.82 bits per heavy atom. The molecule has 4 heteroatoms. The summed E-state index contributed by atoms with van der Waals surface area (Å²) in [5, 5.41) is 3.34. The summed E-state index contributed by atoms with van der Waals surface area (Å²) in [6.07, 6.45) is 7.22. The van der Waals surface area contributed by atoms with Gasteiger partial charge in [-0.15, -0.1) is 0 Å². The molecule has 0 radical (unpaired) electrons. The van der Waals surface area contributed by atoms with Crippen molar-refractivity contribution in [3.63, 3.8) is 0 Å². The smallest absolute Gasteiger partial charge is 0.203 e. The maximum atomic E-state index is 5.50. The minimum Gasteiger partial charge on any atom is -0.381 e. The Bertz CT molecular complexity index is 297. The highest BCUT2D eigenvalue weighted by atomic mass is 16.5. The van der Waals surface area contributed by atoms with E-state index in [1.807, 2.05) is 12.4 Å². The predicted octanol–water partition coefficient (Wildman–Crippen LogP) is 3.08. The molecule has 0 saturated carbocycles. The summed E-state index contributed by atoms with van der Waals surface area (Å²) in [5.74, 6) is 0.952. The predicted molar refractivity (Wildman–Crippen MR) is 71.4 cm³/mol.